The number of nitrogens with zero attached hydrogens (tertiary/aromatic N) is 1. The molecule has 0 unspecified atom stereocenters. The summed E-state index contributed by atoms with van der Waals surface area (Å²) in [5, 5.41) is 0. The number of carbonyl (C=O) groups is 1. The molecule has 2 aliphatic rings. The highest BCUT2D eigenvalue weighted by molar-refractivity contribution is 5.76. The van der Waals surface area contributed by atoms with E-state index in [0.29, 0.717) is 18.4 Å². The van der Waals surface area contributed by atoms with Crippen molar-refractivity contribution in [2.75, 3.05) is 26.7 Å². The van der Waals surface area contributed by atoms with Crippen LogP contribution in [-0.4, -0.2) is 37.6 Å². The van der Waals surface area contributed by atoms with Crippen LogP contribution in [-0.2, 0) is 9.53 Å². The zero-order valence-electron chi connectivity index (χ0n) is 8.32. The third kappa shape index (κ3) is 1.57. The number of fused-ring (bicyclic) bond motifs is 1. The van der Waals surface area contributed by atoms with E-state index >= 15 is 0 Å². The van der Waals surface area contributed by atoms with E-state index in [1.165, 1.54) is 6.42 Å². The number of hydrogen-bond acceptors (Lipinski definition) is 3. The van der Waals surface area contributed by atoms with Crippen molar-refractivity contribution >= 4 is 5.97 Å². The van der Waals surface area contributed by atoms with Crippen molar-refractivity contribution in [2.24, 2.45) is 17.8 Å². The van der Waals surface area contributed by atoms with Gasteiger partial charge in [0.1, 0.15) is 0 Å². The third-order valence-electron chi connectivity index (χ3n) is 3.26. The van der Waals surface area contributed by atoms with Gasteiger partial charge in [-0.3, -0.25) is 4.79 Å². The summed E-state index contributed by atoms with van der Waals surface area (Å²) in [6.07, 6.45) is 1.17. The maximum Gasteiger partial charge on any atom is 0.309 e. The monoisotopic (exact) mass is 183 g/mol. The molecule has 2 fully saturated rings. The Hall–Kier alpha value is -0.570. The van der Waals surface area contributed by atoms with Gasteiger partial charge in [0.15, 0.2) is 0 Å². The summed E-state index contributed by atoms with van der Waals surface area (Å²) in [5.41, 5.74) is 0. The molecule has 0 aromatic heterocycles. The Morgan fingerprint density at radius 3 is 2.92 bits per heavy atom. The van der Waals surface area contributed by atoms with Crippen LogP contribution >= 0.6 is 0 Å². The van der Waals surface area contributed by atoms with Crippen molar-refractivity contribution in [3.05, 3.63) is 0 Å². The molecule has 13 heavy (non-hydrogen) atoms. The van der Waals surface area contributed by atoms with E-state index in [2.05, 4.69) is 11.9 Å². The lowest BCUT2D eigenvalue weighted by Gasteiger charge is -2.20. The van der Waals surface area contributed by atoms with Gasteiger partial charge in [-0.1, -0.05) is 0 Å². The molecule has 0 radical (unpaired) electrons. The van der Waals surface area contributed by atoms with E-state index in [1.54, 1.807) is 0 Å². The van der Waals surface area contributed by atoms with Crippen molar-refractivity contribution in [1.82, 2.24) is 4.90 Å². The molecule has 1 aliphatic carbocycles. The standard InChI is InChI=1S/C10H17NO2/c1-3-13-10(12)9-7-4-5-11(2)6-8(7)9/h7-9H,3-6H2,1-2H3/t7-,8+,9+/m0/s1. The van der Waals surface area contributed by atoms with Gasteiger partial charge in [-0.2, -0.15) is 0 Å². The molecule has 0 bridgehead atoms. The van der Waals surface area contributed by atoms with Crippen molar-refractivity contribution in [3.63, 3.8) is 0 Å². The van der Waals surface area contributed by atoms with Crippen molar-refractivity contribution in [1.29, 1.82) is 0 Å². The van der Waals surface area contributed by atoms with Crippen LogP contribution in [0.5, 0.6) is 0 Å². The van der Waals surface area contributed by atoms with E-state index in [1.807, 2.05) is 6.92 Å². The minimum absolute atomic E-state index is 0.0350. The van der Waals surface area contributed by atoms with E-state index in [0.717, 1.165) is 13.1 Å². The number of esters is 1. The van der Waals surface area contributed by atoms with Gasteiger partial charge in [-0.25, -0.2) is 0 Å². The average Bonchev–Trinajstić information content (AvgIpc) is 2.77. The fraction of sp³-hybridized carbons (Fsp3) is 0.900. The van der Waals surface area contributed by atoms with Crippen molar-refractivity contribution < 1.29 is 9.53 Å². The van der Waals surface area contributed by atoms with E-state index in [-0.39, 0.29) is 11.9 Å². The van der Waals surface area contributed by atoms with Gasteiger partial charge in [0, 0.05) is 6.54 Å². The van der Waals surface area contributed by atoms with Gasteiger partial charge in [0.25, 0.3) is 0 Å². The van der Waals surface area contributed by atoms with Crippen LogP contribution in [0.15, 0.2) is 0 Å². The molecule has 1 aliphatic heterocycles. The van der Waals surface area contributed by atoms with Gasteiger partial charge in [-0.05, 0) is 38.8 Å². The van der Waals surface area contributed by atoms with E-state index < -0.39 is 0 Å². The van der Waals surface area contributed by atoms with Crippen LogP contribution in [0.25, 0.3) is 0 Å². The number of hydrogen-bond donors (Lipinski definition) is 0. The van der Waals surface area contributed by atoms with Crippen LogP contribution in [0.1, 0.15) is 13.3 Å². The Kier molecular flexibility index (Phi) is 2.28. The summed E-state index contributed by atoms with van der Waals surface area (Å²) in [7, 11) is 2.12. The van der Waals surface area contributed by atoms with Gasteiger partial charge < -0.3 is 9.64 Å². The molecule has 3 nitrogen and oxygen atoms in total. The molecule has 3 atom stereocenters. The highest BCUT2D eigenvalue weighted by atomic mass is 16.5. The van der Waals surface area contributed by atoms with Crippen LogP contribution in [0.3, 0.4) is 0 Å². The number of ether oxygens (including phenoxy) is 1. The second kappa shape index (κ2) is 3.29. The zero-order valence-corrected chi connectivity index (χ0v) is 8.32. The minimum atomic E-state index is 0.0350. The lowest BCUT2D eigenvalue weighted by molar-refractivity contribution is -0.145. The number of rotatable bonds is 2. The molecule has 0 aromatic rings. The lowest BCUT2D eigenvalue weighted by atomic mass is 10.1. The molecule has 1 heterocycles. The van der Waals surface area contributed by atoms with E-state index in [9.17, 15) is 4.79 Å². The smallest absolute Gasteiger partial charge is 0.309 e. The Labute approximate surface area is 79.0 Å². The van der Waals surface area contributed by atoms with Crippen LogP contribution in [0, 0.1) is 17.8 Å². The highest BCUT2D eigenvalue weighted by Crippen LogP contribution is 2.51. The molecule has 0 amide bonds. The number of likely N-dealkylation sites (tertiary alicyclic amines) is 1. The average molecular weight is 183 g/mol. The van der Waals surface area contributed by atoms with Gasteiger partial charge in [-0.15, -0.1) is 0 Å². The number of piperidine rings is 1. The Bertz CT molecular complexity index is 217. The molecular weight excluding hydrogens is 166 g/mol. The molecule has 1 saturated heterocycles. The first-order valence-electron chi connectivity index (χ1n) is 5.09. The quantitative estimate of drug-likeness (QED) is 0.592. The largest absolute Gasteiger partial charge is 0.466 e. The predicted molar refractivity (Wildman–Crippen MR) is 49.2 cm³/mol. The van der Waals surface area contributed by atoms with E-state index in [4.69, 9.17) is 4.74 Å². The Morgan fingerprint density at radius 2 is 2.31 bits per heavy atom. The maximum absolute atomic E-state index is 11.4. The molecule has 0 spiro atoms. The SMILES string of the molecule is CCOC(=O)[C@H]1[C@@H]2CN(C)CC[C@@H]21. The summed E-state index contributed by atoms with van der Waals surface area (Å²) < 4.78 is 5.04. The fourth-order valence-electron chi connectivity index (χ4n) is 2.50. The summed E-state index contributed by atoms with van der Waals surface area (Å²) in [6.45, 7) is 4.60. The predicted octanol–water partition coefficient (Wildman–Crippen LogP) is 0.747. The summed E-state index contributed by atoms with van der Waals surface area (Å²) in [4.78, 5) is 13.7. The summed E-state index contributed by atoms with van der Waals surface area (Å²) >= 11 is 0. The lowest BCUT2D eigenvalue weighted by Crippen LogP contribution is -2.27. The first-order chi connectivity index (χ1) is 6.24. The first-order valence-corrected chi connectivity index (χ1v) is 5.09. The first kappa shape index (κ1) is 9.00. The fourth-order valence-corrected chi connectivity index (χ4v) is 2.50. The Morgan fingerprint density at radius 1 is 1.54 bits per heavy atom. The zero-order chi connectivity index (χ0) is 9.42. The molecule has 0 N–H and O–H groups in total. The molecule has 74 valence electrons. The summed E-state index contributed by atoms with van der Waals surface area (Å²) in [5.74, 6) is 1.49. The van der Waals surface area contributed by atoms with Crippen molar-refractivity contribution in [2.45, 2.75) is 13.3 Å². The molecule has 0 aromatic carbocycles. The number of carbonyl (C=O) groups excluding carboxylic acids is 1. The third-order valence-corrected chi connectivity index (χ3v) is 3.26. The van der Waals surface area contributed by atoms with Gasteiger partial charge in [0.2, 0.25) is 0 Å². The molecule has 3 heteroatoms. The topological polar surface area (TPSA) is 29.5 Å². The normalized spacial score (nSPS) is 38.2. The second-order valence-corrected chi connectivity index (χ2v) is 4.16. The minimum Gasteiger partial charge on any atom is -0.466 e. The van der Waals surface area contributed by atoms with Crippen LogP contribution in [0.2, 0.25) is 0 Å². The van der Waals surface area contributed by atoms with Gasteiger partial charge >= 0.3 is 5.97 Å². The second-order valence-electron chi connectivity index (χ2n) is 4.16. The van der Waals surface area contributed by atoms with Crippen molar-refractivity contribution in [3.8, 4) is 0 Å². The molecular formula is C10H17NO2. The van der Waals surface area contributed by atoms with Crippen LogP contribution < -0.4 is 0 Å². The molecule has 1 saturated carbocycles. The Balaban J connectivity index is 1.88. The molecule has 2 rings (SSSR count). The summed E-state index contributed by atoms with van der Waals surface area (Å²) in [6, 6.07) is 0. The van der Waals surface area contributed by atoms with Gasteiger partial charge in [0.05, 0.1) is 12.5 Å². The maximum atomic E-state index is 11.4. The van der Waals surface area contributed by atoms with Crippen LogP contribution in [0.4, 0.5) is 0 Å². The highest BCUT2D eigenvalue weighted by Gasteiger charge is 2.56.